The van der Waals surface area contributed by atoms with E-state index in [9.17, 15) is 0 Å². The molecule has 0 saturated carbocycles. The molecule has 0 spiro atoms. The molecule has 0 aliphatic carbocycles. The van der Waals surface area contributed by atoms with Gasteiger partial charge in [-0.1, -0.05) is 11.2 Å². The van der Waals surface area contributed by atoms with Gasteiger partial charge in [0.2, 0.25) is 11.7 Å². The van der Waals surface area contributed by atoms with Gasteiger partial charge < -0.3 is 19.5 Å². The van der Waals surface area contributed by atoms with Gasteiger partial charge in [-0.25, -0.2) is 9.97 Å². The Morgan fingerprint density at radius 3 is 2.69 bits per heavy atom. The molecule has 2 aliphatic rings. The van der Waals surface area contributed by atoms with Crippen molar-refractivity contribution in [3.05, 3.63) is 30.9 Å². The summed E-state index contributed by atoms with van der Waals surface area (Å²) in [4.78, 5) is 15.7. The van der Waals surface area contributed by atoms with E-state index in [1.54, 1.807) is 12.4 Å². The first-order valence-corrected chi connectivity index (χ1v) is 9.10. The largest absolute Gasteiger partial charge is 0.381 e. The van der Waals surface area contributed by atoms with Crippen LogP contribution in [0.2, 0.25) is 0 Å². The SMILES string of the molecule is C=CC1(Cc2nc(-c3cnc(N4CCNCC4)cn3)no2)CCOCC1. The number of ether oxygens (including phenoxy) is 1. The highest BCUT2D eigenvalue weighted by Crippen LogP contribution is 2.35. The van der Waals surface area contributed by atoms with Crippen LogP contribution in [0.25, 0.3) is 11.5 Å². The Hall–Kier alpha value is -2.32. The maximum Gasteiger partial charge on any atom is 0.227 e. The van der Waals surface area contributed by atoms with Crippen LogP contribution in [0.15, 0.2) is 29.6 Å². The van der Waals surface area contributed by atoms with Crippen molar-refractivity contribution in [2.75, 3.05) is 44.3 Å². The fourth-order valence-electron chi connectivity index (χ4n) is 3.46. The molecular formula is C18H24N6O2. The highest BCUT2D eigenvalue weighted by Gasteiger charge is 2.32. The Labute approximate surface area is 152 Å². The minimum atomic E-state index is -0.0279. The zero-order chi connectivity index (χ0) is 17.8. The predicted molar refractivity (Wildman–Crippen MR) is 96.8 cm³/mol. The van der Waals surface area contributed by atoms with Crippen molar-refractivity contribution in [3.63, 3.8) is 0 Å². The number of nitrogens with zero attached hydrogens (tertiary/aromatic N) is 5. The highest BCUT2D eigenvalue weighted by molar-refractivity contribution is 5.49. The summed E-state index contributed by atoms with van der Waals surface area (Å²) in [7, 11) is 0. The second-order valence-corrected chi connectivity index (χ2v) is 6.86. The quantitative estimate of drug-likeness (QED) is 0.806. The predicted octanol–water partition coefficient (Wildman–Crippen LogP) is 1.46. The zero-order valence-corrected chi connectivity index (χ0v) is 14.9. The smallest absolute Gasteiger partial charge is 0.227 e. The lowest BCUT2D eigenvalue weighted by atomic mass is 9.77. The van der Waals surface area contributed by atoms with Crippen LogP contribution < -0.4 is 10.2 Å². The number of hydrogen-bond donors (Lipinski definition) is 1. The van der Waals surface area contributed by atoms with Gasteiger partial charge in [-0.15, -0.1) is 6.58 Å². The topological polar surface area (TPSA) is 89.2 Å². The van der Waals surface area contributed by atoms with Crippen molar-refractivity contribution in [2.24, 2.45) is 5.41 Å². The summed E-state index contributed by atoms with van der Waals surface area (Å²) in [6, 6.07) is 0. The molecule has 8 nitrogen and oxygen atoms in total. The Morgan fingerprint density at radius 2 is 2.00 bits per heavy atom. The van der Waals surface area contributed by atoms with E-state index in [1.807, 2.05) is 6.08 Å². The second kappa shape index (κ2) is 7.51. The maximum atomic E-state index is 5.46. The van der Waals surface area contributed by atoms with Crippen molar-refractivity contribution in [3.8, 4) is 11.5 Å². The molecule has 0 bridgehead atoms. The summed E-state index contributed by atoms with van der Waals surface area (Å²) >= 11 is 0. The van der Waals surface area contributed by atoms with Crippen LogP contribution in [-0.2, 0) is 11.2 Å². The molecule has 0 radical (unpaired) electrons. The second-order valence-electron chi connectivity index (χ2n) is 6.86. The molecule has 2 aromatic heterocycles. The summed E-state index contributed by atoms with van der Waals surface area (Å²) in [6.45, 7) is 9.29. The summed E-state index contributed by atoms with van der Waals surface area (Å²) < 4.78 is 10.9. The number of piperazine rings is 1. The summed E-state index contributed by atoms with van der Waals surface area (Å²) in [5.41, 5.74) is 0.596. The third-order valence-electron chi connectivity index (χ3n) is 5.20. The van der Waals surface area contributed by atoms with Crippen LogP contribution in [0.5, 0.6) is 0 Å². The molecule has 0 amide bonds. The van der Waals surface area contributed by atoms with E-state index in [2.05, 4.69) is 36.9 Å². The lowest BCUT2D eigenvalue weighted by Crippen LogP contribution is -2.43. The Kier molecular flexibility index (Phi) is 4.94. The molecule has 26 heavy (non-hydrogen) atoms. The lowest BCUT2D eigenvalue weighted by molar-refractivity contribution is 0.0344. The number of hydrogen-bond acceptors (Lipinski definition) is 8. The molecule has 0 aromatic carbocycles. The standard InChI is InChI=1S/C18H24N6O2/c1-2-18(3-9-25-10-4-18)11-16-22-17(23-26-16)14-12-21-15(13-20-14)24-7-5-19-6-8-24/h2,12-13,19H,1,3-11H2. The monoisotopic (exact) mass is 356 g/mol. The number of aromatic nitrogens is 4. The molecule has 1 N–H and O–H groups in total. The van der Waals surface area contributed by atoms with Gasteiger partial charge in [0.15, 0.2) is 0 Å². The molecular weight excluding hydrogens is 332 g/mol. The van der Waals surface area contributed by atoms with Gasteiger partial charge in [0.05, 0.1) is 12.4 Å². The fourth-order valence-corrected chi connectivity index (χ4v) is 3.46. The van der Waals surface area contributed by atoms with Crippen molar-refractivity contribution >= 4 is 5.82 Å². The zero-order valence-electron chi connectivity index (χ0n) is 14.9. The van der Waals surface area contributed by atoms with Crippen molar-refractivity contribution in [1.82, 2.24) is 25.4 Å². The van der Waals surface area contributed by atoms with Gasteiger partial charge in [0.1, 0.15) is 11.5 Å². The van der Waals surface area contributed by atoms with Crippen LogP contribution in [0.3, 0.4) is 0 Å². The molecule has 4 rings (SSSR count). The van der Waals surface area contributed by atoms with Crippen LogP contribution in [-0.4, -0.2) is 59.5 Å². The van der Waals surface area contributed by atoms with E-state index >= 15 is 0 Å². The van der Waals surface area contributed by atoms with Crippen molar-refractivity contribution in [1.29, 1.82) is 0 Å². The van der Waals surface area contributed by atoms with Gasteiger partial charge in [-0.2, -0.15) is 4.98 Å². The Balaban J connectivity index is 1.46. The van der Waals surface area contributed by atoms with Crippen molar-refractivity contribution < 1.29 is 9.26 Å². The molecule has 2 fully saturated rings. The molecule has 2 aliphatic heterocycles. The average molecular weight is 356 g/mol. The highest BCUT2D eigenvalue weighted by atomic mass is 16.5. The summed E-state index contributed by atoms with van der Waals surface area (Å²) in [5, 5.41) is 7.41. The first kappa shape index (κ1) is 17.1. The van der Waals surface area contributed by atoms with Gasteiger partial charge in [-0.05, 0) is 12.8 Å². The molecule has 0 atom stereocenters. The van der Waals surface area contributed by atoms with Crippen molar-refractivity contribution in [2.45, 2.75) is 19.3 Å². The minimum Gasteiger partial charge on any atom is -0.381 e. The average Bonchev–Trinajstić information content (AvgIpc) is 3.18. The van der Waals surface area contributed by atoms with Gasteiger partial charge in [-0.3, -0.25) is 0 Å². The van der Waals surface area contributed by atoms with Crippen LogP contribution >= 0.6 is 0 Å². The molecule has 0 unspecified atom stereocenters. The summed E-state index contributed by atoms with van der Waals surface area (Å²) in [5.74, 6) is 1.96. The lowest BCUT2D eigenvalue weighted by Gasteiger charge is -2.32. The van der Waals surface area contributed by atoms with E-state index in [1.165, 1.54) is 0 Å². The maximum absolute atomic E-state index is 5.46. The molecule has 2 aromatic rings. The molecule has 8 heteroatoms. The van der Waals surface area contributed by atoms with Gasteiger partial charge >= 0.3 is 0 Å². The molecule has 138 valence electrons. The number of allylic oxidation sites excluding steroid dienone is 1. The number of nitrogens with one attached hydrogen (secondary N) is 1. The molecule has 4 heterocycles. The fraction of sp³-hybridized carbons (Fsp3) is 0.556. The van der Waals surface area contributed by atoms with Crippen LogP contribution in [0.4, 0.5) is 5.82 Å². The summed E-state index contributed by atoms with van der Waals surface area (Å²) in [6.07, 6.45) is 8.02. The Morgan fingerprint density at radius 1 is 1.19 bits per heavy atom. The van der Waals surface area contributed by atoms with E-state index in [4.69, 9.17) is 9.26 Å². The van der Waals surface area contributed by atoms with Gasteiger partial charge in [0.25, 0.3) is 0 Å². The first-order valence-electron chi connectivity index (χ1n) is 9.10. The van der Waals surface area contributed by atoms with E-state index in [-0.39, 0.29) is 5.41 Å². The first-order chi connectivity index (χ1) is 12.8. The van der Waals surface area contributed by atoms with Crippen LogP contribution in [0, 0.1) is 5.41 Å². The van der Waals surface area contributed by atoms with Crippen LogP contribution in [0.1, 0.15) is 18.7 Å². The normalized spacial score (nSPS) is 20.1. The van der Waals surface area contributed by atoms with E-state index < -0.39 is 0 Å². The third-order valence-corrected chi connectivity index (χ3v) is 5.20. The third kappa shape index (κ3) is 3.61. The van der Waals surface area contributed by atoms with Gasteiger partial charge in [0, 0.05) is 51.2 Å². The number of rotatable bonds is 5. The minimum absolute atomic E-state index is 0.0279. The Bertz CT molecular complexity index is 732. The number of anilines is 1. The molecule has 2 saturated heterocycles. The van der Waals surface area contributed by atoms with E-state index in [0.717, 1.165) is 58.1 Å². The van der Waals surface area contributed by atoms with E-state index in [0.29, 0.717) is 23.8 Å².